The third-order valence-electron chi connectivity index (χ3n) is 4.00. The minimum Gasteiger partial charge on any atom is -0.481 e. The number of rotatable bonds is 17. The molecule has 1 atom stereocenters. The Hall–Kier alpha value is -1.36. The first kappa shape index (κ1) is 26.9. The zero-order chi connectivity index (χ0) is 20.0. The van der Waals surface area contributed by atoms with E-state index in [-0.39, 0.29) is 6.42 Å². The maximum absolute atomic E-state index is 10.9. The summed E-state index contributed by atoms with van der Waals surface area (Å²) < 4.78 is 5.54. The first-order chi connectivity index (χ1) is 12.5. The van der Waals surface area contributed by atoms with Gasteiger partial charge in [-0.3, -0.25) is 9.59 Å². The summed E-state index contributed by atoms with van der Waals surface area (Å²) in [6, 6.07) is 0. The quantitative estimate of drug-likeness (QED) is 0.253. The lowest BCUT2D eigenvalue weighted by molar-refractivity contribution is -0.148. The van der Waals surface area contributed by atoms with E-state index in [4.69, 9.17) is 14.9 Å². The zero-order valence-electron chi connectivity index (χ0n) is 16.9. The number of hydrogen-bond donors (Lipinski definition) is 2. The minimum absolute atomic E-state index is 0.297. The number of unbranched alkanes of at least 4 members (excludes halogenated alkanes) is 8. The molecule has 2 N–H and O–H groups in total. The second-order valence-corrected chi connectivity index (χ2v) is 6.62. The van der Waals surface area contributed by atoms with Crippen molar-refractivity contribution in [2.75, 3.05) is 13.2 Å². The lowest BCUT2D eigenvalue weighted by atomic mass is 9.99. The van der Waals surface area contributed by atoms with Crippen molar-refractivity contribution >= 4 is 11.9 Å². The van der Waals surface area contributed by atoms with E-state index in [1.807, 2.05) is 6.92 Å². The van der Waals surface area contributed by atoms with Crippen molar-refractivity contribution in [2.24, 2.45) is 5.92 Å². The molecule has 0 saturated carbocycles. The highest BCUT2D eigenvalue weighted by molar-refractivity contribution is 5.77. The highest BCUT2D eigenvalue weighted by Gasteiger charge is 2.20. The Kier molecular flexibility index (Phi) is 22.4. The van der Waals surface area contributed by atoms with Gasteiger partial charge < -0.3 is 14.9 Å². The van der Waals surface area contributed by atoms with Crippen LogP contribution in [0.25, 0.3) is 0 Å². The van der Waals surface area contributed by atoms with E-state index in [9.17, 15) is 9.59 Å². The van der Waals surface area contributed by atoms with Crippen LogP contribution in [0, 0.1) is 5.92 Å². The van der Waals surface area contributed by atoms with Gasteiger partial charge >= 0.3 is 11.9 Å². The molecule has 0 amide bonds. The fourth-order valence-corrected chi connectivity index (χ4v) is 2.56. The van der Waals surface area contributed by atoms with Crippen molar-refractivity contribution in [1.29, 1.82) is 0 Å². The topological polar surface area (TPSA) is 83.8 Å². The molecule has 0 rings (SSSR count). The summed E-state index contributed by atoms with van der Waals surface area (Å²) in [7, 11) is 0. The fourth-order valence-electron chi connectivity index (χ4n) is 2.56. The minimum atomic E-state index is -1.05. The second-order valence-electron chi connectivity index (χ2n) is 6.62. The van der Waals surface area contributed by atoms with Crippen molar-refractivity contribution in [3.05, 3.63) is 12.7 Å². The van der Waals surface area contributed by atoms with Crippen LogP contribution in [0.5, 0.6) is 0 Å². The molecule has 0 aliphatic heterocycles. The third-order valence-corrected chi connectivity index (χ3v) is 4.00. The van der Waals surface area contributed by atoms with Gasteiger partial charge in [-0.05, 0) is 26.2 Å². The van der Waals surface area contributed by atoms with Gasteiger partial charge in [0, 0.05) is 13.2 Å². The smallest absolute Gasteiger partial charge is 0.307 e. The number of allylic oxidation sites excluding steroid dienone is 1. The van der Waals surface area contributed by atoms with Gasteiger partial charge in [-0.25, -0.2) is 0 Å². The summed E-state index contributed by atoms with van der Waals surface area (Å²) in [6.07, 6.45) is 13.6. The number of ether oxygens (including phenoxy) is 1. The molecule has 0 aromatic rings. The predicted molar refractivity (Wildman–Crippen MR) is 107 cm³/mol. The van der Waals surface area contributed by atoms with Crippen LogP contribution in [0.4, 0.5) is 0 Å². The first-order valence-electron chi connectivity index (χ1n) is 10.1. The van der Waals surface area contributed by atoms with Crippen LogP contribution < -0.4 is 0 Å². The van der Waals surface area contributed by atoms with Crippen molar-refractivity contribution in [3.8, 4) is 0 Å². The molecule has 1 unspecified atom stereocenters. The maximum atomic E-state index is 10.9. The van der Waals surface area contributed by atoms with Crippen LogP contribution in [0.2, 0.25) is 0 Å². The van der Waals surface area contributed by atoms with Gasteiger partial charge in [-0.2, -0.15) is 0 Å². The highest BCUT2D eigenvalue weighted by atomic mass is 16.5. The number of carboxylic acid groups (broad SMARTS) is 2. The molecular weight excluding hydrogens is 332 g/mol. The molecule has 0 aromatic heterocycles. The molecule has 0 aliphatic rings. The summed E-state index contributed by atoms with van der Waals surface area (Å²) in [5.41, 5.74) is 0. The SMILES string of the molecule is C=CC.CCCCCCCCCCOCCCCC(CC(=O)O)C(=O)O. The fraction of sp³-hybridized carbons (Fsp3) is 0.810. The number of aliphatic carboxylic acids is 2. The molecular formula is C21H40O5. The standard InChI is InChI=1S/C18H34O5.C3H6/c1-2-3-4-5-6-7-8-10-13-23-14-11-9-12-16(18(21)22)15-17(19)20;1-3-2/h16H,2-15H2,1H3,(H,19,20)(H,21,22);3H,1H2,2H3. The van der Waals surface area contributed by atoms with Gasteiger partial charge in [0.25, 0.3) is 0 Å². The average molecular weight is 373 g/mol. The van der Waals surface area contributed by atoms with E-state index in [0.717, 1.165) is 19.4 Å². The van der Waals surface area contributed by atoms with E-state index >= 15 is 0 Å². The van der Waals surface area contributed by atoms with E-state index < -0.39 is 17.9 Å². The van der Waals surface area contributed by atoms with Crippen LogP contribution >= 0.6 is 0 Å². The molecule has 0 fully saturated rings. The number of carbonyl (C=O) groups is 2. The Morgan fingerprint density at radius 1 is 0.923 bits per heavy atom. The maximum Gasteiger partial charge on any atom is 0.307 e. The van der Waals surface area contributed by atoms with E-state index in [0.29, 0.717) is 19.4 Å². The third kappa shape index (κ3) is 22.6. The largest absolute Gasteiger partial charge is 0.481 e. The molecule has 0 heterocycles. The van der Waals surface area contributed by atoms with E-state index in [2.05, 4.69) is 13.5 Å². The average Bonchev–Trinajstić information content (AvgIpc) is 2.58. The number of hydrogen-bond acceptors (Lipinski definition) is 3. The van der Waals surface area contributed by atoms with Crippen molar-refractivity contribution in [2.45, 2.75) is 90.9 Å². The molecule has 5 nitrogen and oxygen atoms in total. The van der Waals surface area contributed by atoms with Crippen molar-refractivity contribution in [3.63, 3.8) is 0 Å². The predicted octanol–water partition coefficient (Wildman–Crippen LogP) is 5.68. The molecule has 0 spiro atoms. The molecule has 0 bridgehead atoms. The Morgan fingerprint density at radius 2 is 1.38 bits per heavy atom. The Bertz CT molecular complexity index is 341. The summed E-state index contributed by atoms with van der Waals surface area (Å²) >= 11 is 0. The Balaban J connectivity index is 0. The lowest BCUT2D eigenvalue weighted by Gasteiger charge is -2.09. The van der Waals surface area contributed by atoms with Gasteiger partial charge in [0.2, 0.25) is 0 Å². The Labute approximate surface area is 159 Å². The lowest BCUT2D eigenvalue weighted by Crippen LogP contribution is -2.17. The molecule has 154 valence electrons. The first-order valence-corrected chi connectivity index (χ1v) is 10.1. The molecule has 0 saturated heterocycles. The van der Waals surface area contributed by atoms with E-state index in [1.54, 1.807) is 6.08 Å². The zero-order valence-corrected chi connectivity index (χ0v) is 16.9. The second kappa shape index (κ2) is 21.7. The van der Waals surface area contributed by atoms with Crippen LogP contribution in [-0.2, 0) is 14.3 Å². The van der Waals surface area contributed by atoms with Gasteiger partial charge in [-0.1, -0.05) is 64.4 Å². The molecule has 0 aliphatic carbocycles. The van der Waals surface area contributed by atoms with Crippen LogP contribution in [0.3, 0.4) is 0 Å². The molecule has 0 aromatic carbocycles. The van der Waals surface area contributed by atoms with Gasteiger partial charge in [0.1, 0.15) is 0 Å². The number of carboxylic acids is 2. The molecule has 26 heavy (non-hydrogen) atoms. The van der Waals surface area contributed by atoms with Gasteiger partial charge in [0.15, 0.2) is 0 Å². The van der Waals surface area contributed by atoms with Crippen LogP contribution in [-0.4, -0.2) is 35.4 Å². The van der Waals surface area contributed by atoms with Crippen LogP contribution in [0.15, 0.2) is 12.7 Å². The Morgan fingerprint density at radius 3 is 1.85 bits per heavy atom. The summed E-state index contributed by atoms with van der Waals surface area (Å²) in [5, 5.41) is 17.6. The van der Waals surface area contributed by atoms with E-state index in [1.165, 1.54) is 44.9 Å². The monoisotopic (exact) mass is 372 g/mol. The van der Waals surface area contributed by atoms with Crippen LogP contribution in [0.1, 0.15) is 90.9 Å². The molecule has 0 radical (unpaired) electrons. The van der Waals surface area contributed by atoms with Crippen molar-refractivity contribution < 1.29 is 24.5 Å². The summed E-state index contributed by atoms with van der Waals surface area (Å²) in [4.78, 5) is 21.4. The molecule has 5 heteroatoms. The summed E-state index contributed by atoms with van der Waals surface area (Å²) in [5.74, 6) is -2.85. The van der Waals surface area contributed by atoms with Gasteiger partial charge in [-0.15, -0.1) is 6.58 Å². The van der Waals surface area contributed by atoms with Crippen molar-refractivity contribution in [1.82, 2.24) is 0 Å². The normalized spacial score (nSPS) is 11.3. The summed E-state index contributed by atoms with van der Waals surface area (Å²) in [6.45, 7) is 8.88. The van der Waals surface area contributed by atoms with Gasteiger partial charge in [0.05, 0.1) is 12.3 Å². The highest BCUT2D eigenvalue weighted by Crippen LogP contribution is 2.13.